The summed E-state index contributed by atoms with van der Waals surface area (Å²) in [6.45, 7) is 5.84. The van der Waals surface area contributed by atoms with Crippen LogP contribution in [-0.4, -0.2) is 36.9 Å². The predicted molar refractivity (Wildman–Crippen MR) is 71.3 cm³/mol. The number of rotatable bonds is 7. The van der Waals surface area contributed by atoms with Gasteiger partial charge in [-0.3, -0.25) is 14.6 Å². The van der Waals surface area contributed by atoms with Gasteiger partial charge in [0.05, 0.1) is 18.8 Å². The summed E-state index contributed by atoms with van der Waals surface area (Å²) in [7, 11) is -3.59. The van der Waals surface area contributed by atoms with Crippen molar-refractivity contribution in [1.82, 2.24) is 10.2 Å². The molecule has 0 saturated carbocycles. The maximum Gasteiger partial charge on any atom is 0.306 e. The Morgan fingerprint density at radius 2 is 2.21 bits per heavy atom. The molecule has 0 aromatic carbocycles. The summed E-state index contributed by atoms with van der Waals surface area (Å²) in [5.74, 6) is -0.397. The standard InChI is InChI=1S/C11H19N3O4S/c1-4-18-11(15)5-6-19(16,17)14-10-7-9(8(2)3)12-13-10/h7-8H,4-6H2,1-3H3,(H2,12,13,14). The Labute approximate surface area is 112 Å². The minimum absolute atomic E-state index is 0.176. The molecule has 0 saturated heterocycles. The summed E-state index contributed by atoms with van der Waals surface area (Å²) in [5, 5.41) is 6.60. The normalized spacial score (nSPS) is 11.6. The molecule has 108 valence electrons. The Kier molecular flexibility index (Phi) is 5.34. The highest BCUT2D eigenvalue weighted by molar-refractivity contribution is 7.92. The molecule has 0 radical (unpaired) electrons. The fourth-order valence-corrected chi connectivity index (χ4v) is 2.31. The van der Waals surface area contributed by atoms with E-state index in [-0.39, 0.29) is 30.5 Å². The number of carbonyl (C=O) groups is 1. The zero-order valence-electron chi connectivity index (χ0n) is 11.3. The third-order valence-electron chi connectivity index (χ3n) is 2.36. The second kappa shape index (κ2) is 6.55. The fourth-order valence-electron chi connectivity index (χ4n) is 1.35. The topological polar surface area (TPSA) is 101 Å². The molecule has 2 N–H and O–H groups in total. The number of esters is 1. The Morgan fingerprint density at radius 1 is 1.53 bits per heavy atom. The zero-order valence-corrected chi connectivity index (χ0v) is 12.1. The lowest BCUT2D eigenvalue weighted by atomic mass is 10.1. The van der Waals surface area contributed by atoms with Crippen LogP contribution in [0.5, 0.6) is 0 Å². The molecule has 7 nitrogen and oxygen atoms in total. The molecule has 0 amide bonds. The number of anilines is 1. The Balaban J connectivity index is 2.56. The number of H-pyrrole nitrogens is 1. The highest BCUT2D eigenvalue weighted by Crippen LogP contribution is 2.15. The largest absolute Gasteiger partial charge is 0.466 e. The summed E-state index contributed by atoms with van der Waals surface area (Å²) in [6, 6.07) is 1.63. The number of carbonyl (C=O) groups excluding carboxylic acids is 1. The summed E-state index contributed by atoms with van der Waals surface area (Å²) in [4.78, 5) is 11.1. The van der Waals surface area contributed by atoms with Gasteiger partial charge in [0.25, 0.3) is 0 Å². The summed E-state index contributed by atoms with van der Waals surface area (Å²) in [5.41, 5.74) is 0.836. The van der Waals surface area contributed by atoms with Crippen molar-refractivity contribution in [1.29, 1.82) is 0 Å². The average molecular weight is 289 g/mol. The molecule has 1 aromatic rings. The Hall–Kier alpha value is -1.57. The van der Waals surface area contributed by atoms with E-state index in [2.05, 4.69) is 19.7 Å². The quantitative estimate of drug-likeness (QED) is 0.735. The first kappa shape index (κ1) is 15.5. The van der Waals surface area contributed by atoms with Gasteiger partial charge in [0.1, 0.15) is 0 Å². The van der Waals surface area contributed by atoms with Gasteiger partial charge in [0.2, 0.25) is 10.0 Å². The van der Waals surface area contributed by atoms with Crippen LogP contribution in [0.15, 0.2) is 6.07 Å². The van der Waals surface area contributed by atoms with Crippen LogP contribution in [0, 0.1) is 0 Å². The van der Waals surface area contributed by atoms with Gasteiger partial charge in [0, 0.05) is 11.8 Å². The van der Waals surface area contributed by atoms with Crippen LogP contribution >= 0.6 is 0 Å². The molecular weight excluding hydrogens is 270 g/mol. The minimum atomic E-state index is -3.59. The number of hydrogen-bond donors (Lipinski definition) is 2. The smallest absolute Gasteiger partial charge is 0.306 e. The monoisotopic (exact) mass is 289 g/mol. The van der Waals surface area contributed by atoms with Crippen molar-refractivity contribution in [2.24, 2.45) is 0 Å². The van der Waals surface area contributed by atoms with E-state index < -0.39 is 16.0 Å². The lowest BCUT2D eigenvalue weighted by Crippen LogP contribution is -2.20. The van der Waals surface area contributed by atoms with Crippen molar-refractivity contribution < 1.29 is 17.9 Å². The van der Waals surface area contributed by atoms with E-state index in [4.69, 9.17) is 0 Å². The number of hydrogen-bond acceptors (Lipinski definition) is 5. The van der Waals surface area contributed by atoms with Gasteiger partial charge in [-0.05, 0) is 12.8 Å². The zero-order chi connectivity index (χ0) is 14.5. The highest BCUT2D eigenvalue weighted by atomic mass is 32.2. The van der Waals surface area contributed by atoms with Gasteiger partial charge in [-0.2, -0.15) is 5.10 Å². The van der Waals surface area contributed by atoms with Crippen LogP contribution in [0.25, 0.3) is 0 Å². The third kappa shape index (κ3) is 5.29. The highest BCUT2D eigenvalue weighted by Gasteiger charge is 2.16. The molecular formula is C11H19N3O4S. The van der Waals surface area contributed by atoms with Crippen LogP contribution in [0.4, 0.5) is 5.82 Å². The predicted octanol–water partition coefficient (Wildman–Crippen LogP) is 1.23. The molecule has 0 aliphatic rings. The van der Waals surface area contributed by atoms with Crippen molar-refractivity contribution >= 4 is 21.8 Å². The molecule has 8 heteroatoms. The molecule has 0 fully saturated rings. The summed E-state index contributed by atoms with van der Waals surface area (Å²) < 4.78 is 30.4. The maximum atomic E-state index is 11.7. The van der Waals surface area contributed by atoms with Gasteiger partial charge < -0.3 is 4.74 Å². The lowest BCUT2D eigenvalue weighted by molar-refractivity contribution is -0.142. The van der Waals surface area contributed by atoms with Gasteiger partial charge in [-0.15, -0.1) is 0 Å². The second-order valence-corrected chi connectivity index (χ2v) is 6.18. The van der Waals surface area contributed by atoms with E-state index in [0.717, 1.165) is 5.69 Å². The van der Waals surface area contributed by atoms with Crippen LogP contribution < -0.4 is 4.72 Å². The first-order chi connectivity index (χ1) is 8.84. The minimum Gasteiger partial charge on any atom is -0.466 e. The molecule has 0 atom stereocenters. The van der Waals surface area contributed by atoms with Gasteiger partial charge >= 0.3 is 5.97 Å². The van der Waals surface area contributed by atoms with Crippen LogP contribution in [0.1, 0.15) is 38.8 Å². The van der Waals surface area contributed by atoms with E-state index in [1.807, 2.05) is 13.8 Å². The summed E-state index contributed by atoms with van der Waals surface area (Å²) >= 11 is 0. The van der Waals surface area contributed by atoms with Crippen LogP contribution in [0.3, 0.4) is 0 Å². The molecule has 0 aliphatic carbocycles. The molecule has 19 heavy (non-hydrogen) atoms. The Morgan fingerprint density at radius 3 is 2.74 bits per heavy atom. The van der Waals surface area contributed by atoms with Crippen molar-refractivity contribution in [2.75, 3.05) is 17.1 Å². The van der Waals surface area contributed by atoms with Crippen molar-refractivity contribution in [2.45, 2.75) is 33.1 Å². The van der Waals surface area contributed by atoms with E-state index in [0.29, 0.717) is 0 Å². The Bertz CT molecular complexity index is 522. The molecule has 1 heterocycles. The number of ether oxygens (including phenoxy) is 1. The van der Waals surface area contributed by atoms with Gasteiger partial charge in [-0.25, -0.2) is 8.42 Å². The lowest BCUT2D eigenvalue weighted by Gasteiger charge is -2.04. The first-order valence-corrected chi connectivity index (χ1v) is 7.70. The molecule has 0 bridgehead atoms. The van der Waals surface area contributed by atoms with Crippen molar-refractivity contribution in [3.8, 4) is 0 Å². The van der Waals surface area contributed by atoms with E-state index in [9.17, 15) is 13.2 Å². The van der Waals surface area contributed by atoms with E-state index in [1.54, 1.807) is 13.0 Å². The third-order valence-corrected chi connectivity index (χ3v) is 3.62. The fraction of sp³-hybridized carbons (Fsp3) is 0.636. The van der Waals surface area contributed by atoms with E-state index >= 15 is 0 Å². The number of aromatic amines is 1. The SMILES string of the molecule is CCOC(=O)CCS(=O)(=O)Nc1cc(C(C)C)[nH]n1. The van der Waals surface area contributed by atoms with Gasteiger partial charge in [-0.1, -0.05) is 13.8 Å². The second-order valence-electron chi connectivity index (χ2n) is 4.34. The van der Waals surface area contributed by atoms with E-state index in [1.165, 1.54) is 0 Å². The molecule has 0 unspecified atom stereocenters. The molecule has 0 aliphatic heterocycles. The number of nitrogens with one attached hydrogen (secondary N) is 2. The van der Waals surface area contributed by atoms with Gasteiger partial charge in [0.15, 0.2) is 5.82 Å². The maximum absolute atomic E-state index is 11.7. The molecule has 0 spiro atoms. The van der Waals surface area contributed by atoms with Crippen molar-refractivity contribution in [3.05, 3.63) is 11.8 Å². The number of sulfonamides is 1. The van der Waals surface area contributed by atoms with Crippen molar-refractivity contribution in [3.63, 3.8) is 0 Å². The molecule has 1 rings (SSSR count). The first-order valence-electron chi connectivity index (χ1n) is 6.05. The summed E-state index contributed by atoms with van der Waals surface area (Å²) in [6.07, 6.45) is -0.176. The van der Waals surface area contributed by atoms with Crippen LogP contribution in [-0.2, 0) is 19.6 Å². The molecule has 1 aromatic heterocycles. The van der Waals surface area contributed by atoms with Crippen LogP contribution in [0.2, 0.25) is 0 Å². The number of aromatic nitrogens is 2. The average Bonchev–Trinajstić information content (AvgIpc) is 2.75. The number of nitrogens with zero attached hydrogens (tertiary/aromatic N) is 1.